The van der Waals surface area contributed by atoms with Crippen LogP contribution in [0.15, 0.2) is 83.8 Å². The van der Waals surface area contributed by atoms with Crippen LogP contribution in [-0.2, 0) is 21.2 Å². The fraction of sp³-hybridized carbons (Fsp3) is 0.136. The number of benzene rings is 3. The van der Waals surface area contributed by atoms with Crippen LogP contribution < -0.4 is 9.62 Å². The topological polar surface area (TPSA) is 66.5 Å². The van der Waals surface area contributed by atoms with Gasteiger partial charge in [-0.25, -0.2) is 12.8 Å². The smallest absolute Gasteiger partial charge is 0.264 e. The molecular weight excluding hydrogens is 391 g/mol. The van der Waals surface area contributed by atoms with E-state index in [0.717, 1.165) is 16.3 Å². The highest BCUT2D eigenvalue weighted by Gasteiger charge is 2.27. The van der Waals surface area contributed by atoms with Crippen LogP contribution in [0, 0.1) is 5.82 Å². The summed E-state index contributed by atoms with van der Waals surface area (Å²) in [7, 11) is -3.96. The number of carbonyl (C=O) groups excluding carboxylic acids is 1. The van der Waals surface area contributed by atoms with Gasteiger partial charge in [0.05, 0.1) is 10.6 Å². The lowest BCUT2D eigenvalue weighted by Gasteiger charge is -2.24. The number of amides is 1. The van der Waals surface area contributed by atoms with E-state index in [4.69, 9.17) is 0 Å². The lowest BCUT2D eigenvalue weighted by molar-refractivity contribution is -0.114. The lowest BCUT2D eigenvalue weighted by Crippen LogP contribution is -2.38. The van der Waals surface area contributed by atoms with Gasteiger partial charge in [-0.3, -0.25) is 9.10 Å². The summed E-state index contributed by atoms with van der Waals surface area (Å²) < 4.78 is 40.6. The standard InChI is InChI=1S/C22H21FN2O3S/c1-2-17-8-14-20(15-9-17)25(29(27,28)21-6-4-3-5-7-21)16-22(26)24-19-12-10-18(23)11-13-19/h3-15H,2,16H2,1H3,(H,24,26). The first kappa shape index (κ1) is 20.5. The molecule has 0 radical (unpaired) electrons. The monoisotopic (exact) mass is 412 g/mol. The van der Waals surface area contributed by atoms with Crippen molar-refractivity contribution in [1.29, 1.82) is 0 Å². The van der Waals surface area contributed by atoms with Gasteiger partial charge in [0.2, 0.25) is 5.91 Å². The van der Waals surface area contributed by atoms with E-state index in [1.807, 2.05) is 19.1 Å². The highest BCUT2D eigenvalue weighted by atomic mass is 32.2. The van der Waals surface area contributed by atoms with Crippen LogP contribution in [0.3, 0.4) is 0 Å². The summed E-state index contributed by atoms with van der Waals surface area (Å²) in [6.07, 6.45) is 0.816. The summed E-state index contributed by atoms with van der Waals surface area (Å²) in [5.74, 6) is -0.956. The molecule has 3 aromatic carbocycles. The Kier molecular flexibility index (Phi) is 6.29. The Morgan fingerprint density at radius 1 is 0.931 bits per heavy atom. The van der Waals surface area contributed by atoms with Gasteiger partial charge in [0.15, 0.2) is 0 Å². The van der Waals surface area contributed by atoms with Crippen molar-refractivity contribution in [3.8, 4) is 0 Å². The number of hydrogen-bond acceptors (Lipinski definition) is 3. The molecule has 1 amide bonds. The predicted molar refractivity (Wildman–Crippen MR) is 112 cm³/mol. The van der Waals surface area contributed by atoms with Crippen LogP contribution in [0.1, 0.15) is 12.5 Å². The average molecular weight is 412 g/mol. The van der Waals surface area contributed by atoms with Crippen molar-refractivity contribution < 1.29 is 17.6 Å². The van der Waals surface area contributed by atoms with Crippen LogP contribution >= 0.6 is 0 Å². The molecule has 0 bridgehead atoms. The quantitative estimate of drug-likeness (QED) is 0.632. The molecule has 0 saturated carbocycles. The first-order valence-electron chi connectivity index (χ1n) is 9.12. The molecule has 0 unspecified atom stereocenters. The van der Waals surface area contributed by atoms with E-state index in [2.05, 4.69) is 5.32 Å². The van der Waals surface area contributed by atoms with Crippen LogP contribution in [0.25, 0.3) is 0 Å². The van der Waals surface area contributed by atoms with Gasteiger partial charge in [-0.2, -0.15) is 0 Å². The van der Waals surface area contributed by atoms with Crippen LogP contribution in [0.2, 0.25) is 0 Å². The molecule has 0 aliphatic carbocycles. The second-order valence-electron chi connectivity index (χ2n) is 6.40. The first-order chi connectivity index (χ1) is 13.9. The Morgan fingerprint density at radius 2 is 1.55 bits per heavy atom. The van der Waals surface area contributed by atoms with E-state index in [9.17, 15) is 17.6 Å². The second-order valence-corrected chi connectivity index (χ2v) is 8.26. The molecule has 0 atom stereocenters. The van der Waals surface area contributed by atoms with Crippen molar-refractivity contribution in [2.45, 2.75) is 18.2 Å². The normalized spacial score (nSPS) is 11.1. The van der Waals surface area contributed by atoms with E-state index in [-0.39, 0.29) is 4.90 Å². The molecule has 0 aromatic heterocycles. The van der Waals surface area contributed by atoms with Gasteiger partial charge in [0.25, 0.3) is 10.0 Å². The maximum absolute atomic E-state index is 13.2. The number of halogens is 1. The highest BCUT2D eigenvalue weighted by molar-refractivity contribution is 7.92. The van der Waals surface area contributed by atoms with Gasteiger partial charge in [-0.1, -0.05) is 37.3 Å². The lowest BCUT2D eigenvalue weighted by atomic mass is 10.1. The molecule has 0 spiro atoms. The molecule has 5 nitrogen and oxygen atoms in total. The number of nitrogens with one attached hydrogen (secondary N) is 1. The third-order valence-electron chi connectivity index (χ3n) is 4.38. The van der Waals surface area contributed by atoms with Gasteiger partial charge in [0, 0.05) is 5.69 Å². The predicted octanol–water partition coefficient (Wildman–Crippen LogP) is 4.22. The number of rotatable bonds is 7. The number of anilines is 2. The molecule has 1 N–H and O–H groups in total. The van der Waals surface area contributed by atoms with E-state index < -0.39 is 28.3 Å². The SMILES string of the molecule is CCc1ccc(N(CC(=O)Nc2ccc(F)cc2)S(=O)(=O)c2ccccc2)cc1. The van der Waals surface area contributed by atoms with Crippen LogP contribution in [0.5, 0.6) is 0 Å². The van der Waals surface area contributed by atoms with Gasteiger partial charge in [0.1, 0.15) is 12.4 Å². The fourth-order valence-corrected chi connectivity index (χ4v) is 4.24. The van der Waals surface area contributed by atoms with Crippen molar-refractivity contribution in [2.24, 2.45) is 0 Å². The van der Waals surface area contributed by atoms with Crippen molar-refractivity contribution in [3.05, 3.63) is 90.2 Å². The van der Waals surface area contributed by atoms with E-state index in [1.54, 1.807) is 30.3 Å². The maximum Gasteiger partial charge on any atom is 0.264 e. The van der Waals surface area contributed by atoms with E-state index in [1.165, 1.54) is 36.4 Å². The molecule has 0 fully saturated rings. The minimum Gasteiger partial charge on any atom is -0.325 e. The van der Waals surface area contributed by atoms with Gasteiger partial charge >= 0.3 is 0 Å². The van der Waals surface area contributed by atoms with Gasteiger partial charge < -0.3 is 5.32 Å². The third-order valence-corrected chi connectivity index (χ3v) is 6.17. The van der Waals surface area contributed by atoms with Crippen LogP contribution in [-0.4, -0.2) is 20.9 Å². The number of hydrogen-bond donors (Lipinski definition) is 1. The number of carbonyl (C=O) groups is 1. The first-order valence-corrected chi connectivity index (χ1v) is 10.6. The van der Waals surface area contributed by atoms with E-state index >= 15 is 0 Å². The Labute approximate surface area is 169 Å². The van der Waals surface area contributed by atoms with Gasteiger partial charge in [-0.05, 0) is 60.5 Å². The molecular formula is C22H21FN2O3S. The summed E-state index contributed by atoms with van der Waals surface area (Å²) >= 11 is 0. The molecule has 7 heteroatoms. The molecule has 150 valence electrons. The molecule has 0 aliphatic heterocycles. The fourth-order valence-electron chi connectivity index (χ4n) is 2.80. The molecule has 0 aliphatic rings. The Bertz CT molecular complexity index is 1070. The Balaban J connectivity index is 1.91. The zero-order chi connectivity index (χ0) is 20.9. The number of nitrogens with zero attached hydrogens (tertiary/aromatic N) is 1. The Morgan fingerprint density at radius 3 is 2.14 bits per heavy atom. The number of aryl methyl sites for hydroxylation is 1. The van der Waals surface area contributed by atoms with Crippen LogP contribution in [0.4, 0.5) is 15.8 Å². The maximum atomic E-state index is 13.2. The van der Waals surface area contributed by atoms with Crippen molar-refractivity contribution >= 4 is 27.3 Å². The summed E-state index contributed by atoms with van der Waals surface area (Å²) in [5, 5.41) is 2.60. The molecule has 29 heavy (non-hydrogen) atoms. The molecule has 3 rings (SSSR count). The highest BCUT2D eigenvalue weighted by Crippen LogP contribution is 2.24. The zero-order valence-corrected chi connectivity index (χ0v) is 16.7. The summed E-state index contributed by atoms with van der Waals surface area (Å²) in [6, 6.07) is 20.3. The Hall–Kier alpha value is -3.19. The van der Waals surface area contributed by atoms with Crippen molar-refractivity contribution in [3.63, 3.8) is 0 Å². The number of sulfonamides is 1. The average Bonchev–Trinajstić information content (AvgIpc) is 2.74. The minimum absolute atomic E-state index is 0.0918. The summed E-state index contributed by atoms with van der Waals surface area (Å²) in [5.41, 5.74) is 1.83. The van der Waals surface area contributed by atoms with Gasteiger partial charge in [-0.15, -0.1) is 0 Å². The third kappa shape index (κ3) is 5.00. The molecule has 3 aromatic rings. The zero-order valence-electron chi connectivity index (χ0n) is 15.9. The van der Waals surface area contributed by atoms with E-state index in [0.29, 0.717) is 11.4 Å². The molecule has 0 saturated heterocycles. The second kappa shape index (κ2) is 8.87. The largest absolute Gasteiger partial charge is 0.325 e. The molecule has 0 heterocycles. The summed E-state index contributed by atoms with van der Waals surface area (Å²) in [6.45, 7) is 1.59. The minimum atomic E-state index is -3.96. The van der Waals surface area contributed by atoms with Crippen molar-refractivity contribution in [1.82, 2.24) is 0 Å². The van der Waals surface area contributed by atoms with Crippen molar-refractivity contribution in [2.75, 3.05) is 16.2 Å². The summed E-state index contributed by atoms with van der Waals surface area (Å²) in [4.78, 5) is 12.7.